The van der Waals surface area contributed by atoms with Crippen molar-refractivity contribution in [3.63, 3.8) is 0 Å². The number of carbonyl (C=O) groups excluding carboxylic acids is 1. The van der Waals surface area contributed by atoms with Crippen molar-refractivity contribution < 1.29 is 19.4 Å². The van der Waals surface area contributed by atoms with Crippen molar-refractivity contribution in [2.75, 3.05) is 7.11 Å². The SMILES string of the molecule is COC(=O)c1[nH]c2cccc(C(=O)O)c2c1C. The fourth-order valence-electron chi connectivity index (χ4n) is 1.90. The van der Waals surface area contributed by atoms with Crippen molar-refractivity contribution in [3.8, 4) is 0 Å². The first-order valence-corrected chi connectivity index (χ1v) is 4.99. The second-order valence-electron chi connectivity index (χ2n) is 3.65. The van der Waals surface area contributed by atoms with Crippen LogP contribution in [0.25, 0.3) is 10.9 Å². The number of ether oxygens (including phenoxy) is 1. The molecule has 88 valence electrons. The van der Waals surface area contributed by atoms with Gasteiger partial charge in [-0.05, 0) is 24.6 Å². The van der Waals surface area contributed by atoms with E-state index in [9.17, 15) is 9.59 Å². The zero-order valence-electron chi connectivity index (χ0n) is 9.40. The third-order valence-electron chi connectivity index (χ3n) is 2.69. The molecule has 0 bridgehead atoms. The second-order valence-corrected chi connectivity index (χ2v) is 3.65. The highest BCUT2D eigenvalue weighted by Gasteiger charge is 2.19. The average molecular weight is 233 g/mol. The fourth-order valence-corrected chi connectivity index (χ4v) is 1.90. The maximum atomic E-state index is 11.5. The number of benzene rings is 1. The molecule has 0 saturated carbocycles. The first kappa shape index (κ1) is 11.2. The largest absolute Gasteiger partial charge is 0.478 e. The summed E-state index contributed by atoms with van der Waals surface area (Å²) in [4.78, 5) is 25.4. The van der Waals surface area contributed by atoms with Gasteiger partial charge in [0.25, 0.3) is 0 Å². The Morgan fingerprint density at radius 3 is 2.65 bits per heavy atom. The Morgan fingerprint density at radius 1 is 1.35 bits per heavy atom. The van der Waals surface area contributed by atoms with E-state index in [1.54, 1.807) is 19.1 Å². The maximum absolute atomic E-state index is 11.5. The predicted molar refractivity (Wildman–Crippen MR) is 61.3 cm³/mol. The number of aromatic carboxylic acids is 1. The molecule has 0 atom stereocenters. The zero-order valence-corrected chi connectivity index (χ0v) is 9.40. The number of carbonyl (C=O) groups is 2. The number of esters is 1. The van der Waals surface area contributed by atoms with Crippen molar-refractivity contribution in [2.24, 2.45) is 0 Å². The number of rotatable bonds is 2. The minimum Gasteiger partial charge on any atom is -0.478 e. The Morgan fingerprint density at radius 2 is 2.06 bits per heavy atom. The van der Waals surface area contributed by atoms with Crippen LogP contribution < -0.4 is 0 Å². The molecule has 1 aromatic carbocycles. The number of aromatic nitrogens is 1. The quantitative estimate of drug-likeness (QED) is 0.777. The molecule has 2 rings (SSSR count). The molecule has 5 nitrogen and oxygen atoms in total. The molecule has 0 radical (unpaired) electrons. The Balaban J connectivity index is 2.79. The van der Waals surface area contributed by atoms with Gasteiger partial charge in [-0.3, -0.25) is 0 Å². The number of aryl methyl sites for hydroxylation is 1. The first-order valence-electron chi connectivity index (χ1n) is 4.99. The fraction of sp³-hybridized carbons (Fsp3) is 0.167. The summed E-state index contributed by atoms with van der Waals surface area (Å²) in [5, 5.41) is 9.62. The normalized spacial score (nSPS) is 10.5. The lowest BCUT2D eigenvalue weighted by Gasteiger charge is -1.99. The van der Waals surface area contributed by atoms with Gasteiger partial charge in [0.05, 0.1) is 12.7 Å². The van der Waals surface area contributed by atoms with Gasteiger partial charge in [-0.2, -0.15) is 0 Å². The highest BCUT2D eigenvalue weighted by atomic mass is 16.5. The molecular weight excluding hydrogens is 222 g/mol. The third-order valence-corrected chi connectivity index (χ3v) is 2.69. The smallest absolute Gasteiger partial charge is 0.354 e. The van der Waals surface area contributed by atoms with E-state index in [4.69, 9.17) is 5.11 Å². The average Bonchev–Trinajstić information content (AvgIpc) is 2.66. The predicted octanol–water partition coefficient (Wildman–Crippen LogP) is 1.96. The van der Waals surface area contributed by atoms with Crippen molar-refractivity contribution in [3.05, 3.63) is 35.0 Å². The Labute approximate surface area is 97.0 Å². The van der Waals surface area contributed by atoms with Crippen LogP contribution in [0.3, 0.4) is 0 Å². The number of hydrogen-bond acceptors (Lipinski definition) is 3. The molecule has 0 aliphatic carbocycles. The van der Waals surface area contributed by atoms with E-state index in [1.165, 1.54) is 13.2 Å². The number of aromatic amines is 1. The monoisotopic (exact) mass is 233 g/mol. The third kappa shape index (κ3) is 1.65. The van der Waals surface area contributed by atoms with Crippen LogP contribution in [0.15, 0.2) is 18.2 Å². The Hall–Kier alpha value is -2.30. The van der Waals surface area contributed by atoms with Crippen LogP contribution in [0, 0.1) is 6.92 Å². The van der Waals surface area contributed by atoms with Gasteiger partial charge in [0.2, 0.25) is 0 Å². The molecule has 2 aromatic rings. The number of H-pyrrole nitrogens is 1. The number of nitrogens with one attached hydrogen (secondary N) is 1. The van der Waals surface area contributed by atoms with Crippen molar-refractivity contribution in [1.82, 2.24) is 4.98 Å². The minimum absolute atomic E-state index is 0.173. The van der Waals surface area contributed by atoms with Crippen LogP contribution >= 0.6 is 0 Å². The van der Waals surface area contributed by atoms with Gasteiger partial charge in [-0.1, -0.05) is 6.07 Å². The number of carboxylic acid groups (broad SMARTS) is 1. The molecule has 2 N–H and O–H groups in total. The van der Waals surface area contributed by atoms with Gasteiger partial charge in [0.15, 0.2) is 0 Å². The first-order chi connectivity index (χ1) is 8.06. The van der Waals surface area contributed by atoms with Gasteiger partial charge in [-0.25, -0.2) is 9.59 Å². The summed E-state index contributed by atoms with van der Waals surface area (Å²) < 4.78 is 4.63. The molecule has 17 heavy (non-hydrogen) atoms. The molecule has 0 aliphatic heterocycles. The topological polar surface area (TPSA) is 79.4 Å². The van der Waals surface area contributed by atoms with E-state index < -0.39 is 11.9 Å². The standard InChI is InChI=1S/C12H11NO4/c1-6-9-7(11(14)15)4-3-5-8(9)13-10(6)12(16)17-2/h3-5,13H,1-2H3,(H,14,15). The van der Waals surface area contributed by atoms with Gasteiger partial charge < -0.3 is 14.8 Å². The highest BCUT2D eigenvalue weighted by molar-refractivity contribution is 6.07. The second kappa shape index (κ2) is 3.93. The molecule has 0 spiro atoms. The molecular formula is C12H11NO4. The molecule has 0 fully saturated rings. The van der Waals surface area contributed by atoms with E-state index in [-0.39, 0.29) is 11.3 Å². The summed E-state index contributed by atoms with van der Waals surface area (Å²) in [6.45, 7) is 1.69. The van der Waals surface area contributed by atoms with Gasteiger partial charge in [-0.15, -0.1) is 0 Å². The summed E-state index contributed by atoms with van der Waals surface area (Å²) in [6, 6.07) is 4.86. The molecule has 0 aliphatic rings. The Bertz CT molecular complexity index is 612. The van der Waals surface area contributed by atoms with Crippen LogP contribution in [0.5, 0.6) is 0 Å². The van der Waals surface area contributed by atoms with Crippen molar-refractivity contribution in [1.29, 1.82) is 0 Å². The molecule has 0 saturated heterocycles. The molecule has 5 heteroatoms. The number of carboxylic acids is 1. The lowest BCUT2D eigenvalue weighted by atomic mass is 10.1. The summed E-state index contributed by atoms with van der Waals surface area (Å²) in [7, 11) is 1.28. The summed E-state index contributed by atoms with van der Waals surface area (Å²) in [5.41, 5.74) is 1.66. The van der Waals surface area contributed by atoms with Crippen LogP contribution in [0.4, 0.5) is 0 Å². The van der Waals surface area contributed by atoms with Crippen molar-refractivity contribution in [2.45, 2.75) is 6.92 Å². The lowest BCUT2D eigenvalue weighted by Crippen LogP contribution is -2.03. The van der Waals surface area contributed by atoms with Crippen LogP contribution in [-0.4, -0.2) is 29.1 Å². The van der Waals surface area contributed by atoms with E-state index in [1.807, 2.05) is 0 Å². The molecule has 1 heterocycles. The molecule has 1 aromatic heterocycles. The summed E-state index contributed by atoms with van der Waals surface area (Å²) in [6.07, 6.45) is 0. The molecule has 0 unspecified atom stereocenters. The van der Waals surface area contributed by atoms with Crippen LogP contribution in [0.1, 0.15) is 26.4 Å². The number of hydrogen-bond donors (Lipinski definition) is 2. The van der Waals surface area contributed by atoms with Crippen LogP contribution in [-0.2, 0) is 4.74 Å². The van der Waals surface area contributed by atoms with Gasteiger partial charge >= 0.3 is 11.9 Å². The summed E-state index contributed by atoms with van der Waals surface area (Å²) in [5.74, 6) is -1.52. The van der Waals surface area contributed by atoms with E-state index >= 15 is 0 Å². The number of methoxy groups -OCH3 is 1. The lowest BCUT2D eigenvalue weighted by molar-refractivity contribution is 0.0593. The van der Waals surface area contributed by atoms with E-state index in [2.05, 4.69) is 9.72 Å². The highest BCUT2D eigenvalue weighted by Crippen LogP contribution is 2.25. The van der Waals surface area contributed by atoms with Gasteiger partial charge in [0, 0.05) is 10.9 Å². The van der Waals surface area contributed by atoms with Crippen molar-refractivity contribution >= 4 is 22.8 Å². The molecule has 0 amide bonds. The number of fused-ring (bicyclic) bond motifs is 1. The van der Waals surface area contributed by atoms with Gasteiger partial charge in [0.1, 0.15) is 5.69 Å². The zero-order chi connectivity index (χ0) is 12.6. The van der Waals surface area contributed by atoms with E-state index in [0.717, 1.165) is 0 Å². The Kier molecular flexibility index (Phi) is 2.59. The minimum atomic E-state index is -1.02. The van der Waals surface area contributed by atoms with E-state index in [0.29, 0.717) is 16.5 Å². The van der Waals surface area contributed by atoms with Crippen LogP contribution in [0.2, 0.25) is 0 Å². The summed E-state index contributed by atoms with van der Waals surface area (Å²) >= 11 is 0. The maximum Gasteiger partial charge on any atom is 0.354 e.